The molecule has 0 aliphatic carbocycles. The Balaban J connectivity index is 2.86. The monoisotopic (exact) mass is 271 g/mol. The maximum absolute atomic E-state index is 13.5. The van der Waals surface area contributed by atoms with Gasteiger partial charge in [-0.3, -0.25) is 9.59 Å². The molecule has 6 heteroatoms. The molecule has 104 valence electrons. The van der Waals surface area contributed by atoms with Crippen LogP contribution in [0.15, 0.2) is 18.2 Å². The van der Waals surface area contributed by atoms with Crippen LogP contribution in [0.1, 0.15) is 24.2 Å². The van der Waals surface area contributed by atoms with Gasteiger partial charge in [0.15, 0.2) is 0 Å². The number of amides is 1. The summed E-state index contributed by atoms with van der Waals surface area (Å²) in [6.45, 7) is 3.46. The Labute approximate surface area is 110 Å². The molecule has 0 aromatic heterocycles. The minimum absolute atomic E-state index is 0.204. The highest BCUT2D eigenvalue weighted by Crippen LogP contribution is 2.12. The molecule has 1 rings (SSSR count). The number of carbonyl (C=O) groups excluding carboxylic acids is 2. The van der Waals surface area contributed by atoms with Gasteiger partial charge in [-0.25, -0.2) is 8.78 Å². The quantitative estimate of drug-likeness (QED) is 0.769. The number of hydrogen-bond donors (Lipinski definition) is 0. The van der Waals surface area contributed by atoms with E-state index in [1.807, 2.05) is 0 Å². The Morgan fingerprint density at radius 3 is 2.47 bits per heavy atom. The maximum Gasteiger partial charge on any atom is 0.325 e. The fraction of sp³-hybridized carbons (Fsp3) is 0.385. The maximum atomic E-state index is 13.5. The summed E-state index contributed by atoms with van der Waals surface area (Å²) in [5, 5.41) is 0. The molecule has 0 aliphatic heterocycles. The van der Waals surface area contributed by atoms with Crippen LogP contribution in [-0.4, -0.2) is 36.5 Å². The molecule has 1 amide bonds. The molecule has 1 aromatic rings. The van der Waals surface area contributed by atoms with Crippen molar-refractivity contribution >= 4 is 11.9 Å². The number of rotatable bonds is 5. The summed E-state index contributed by atoms with van der Waals surface area (Å²) in [5.74, 6) is -2.96. The highest BCUT2D eigenvalue weighted by atomic mass is 19.1. The first-order valence-corrected chi connectivity index (χ1v) is 5.89. The highest BCUT2D eigenvalue weighted by Gasteiger charge is 2.21. The van der Waals surface area contributed by atoms with Crippen molar-refractivity contribution in [3.8, 4) is 0 Å². The molecule has 0 saturated carbocycles. The van der Waals surface area contributed by atoms with Crippen LogP contribution in [0, 0.1) is 11.6 Å². The van der Waals surface area contributed by atoms with Gasteiger partial charge in [0, 0.05) is 12.6 Å². The average Bonchev–Trinajstić information content (AvgIpc) is 2.35. The van der Waals surface area contributed by atoms with Gasteiger partial charge < -0.3 is 9.64 Å². The number of likely N-dealkylation sites (N-methyl/N-ethyl adjacent to an activating group) is 1. The van der Waals surface area contributed by atoms with E-state index in [1.54, 1.807) is 13.8 Å². The van der Waals surface area contributed by atoms with Crippen molar-refractivity contribution < 1.29 is 23.1 Å². The van der Waals surface area contributed by atoms with Crippen LogP contribution < -0.4 is 0 Å². The van der Waals surface area contributed by atoms with Crippen molar-refractivity contribution in [3.63, 3.8) is 0 Å². The molecule has 4 nitrogen and oxygen atoms in total. The van der Waals surface area contributed by atoms with Crippen LogP contribution in [0.3, 0.4) is 0 Å². The lowest BCUT2D eigenvalue weighted by Gasteiger charge is -2.20. The van der Waals surface area contributed by atoms with Crippen LogP contribution in [0.5, 0.6) is 0 Å². The molecule has 1 aromatic carbocycles. The smallest absolute Gasteiger partial charge is 0.325 e. The summed E-state index contributed by atoms with van der Waals surface area (Å²) in [7, 11) is 0. The van der Waals surface area contributed by atoms with E-state index in [-0.39, 0.29) is 25.3 Å². The molecule has 0 spiro atoms. The van der Waals surface area contributed by atoms with Gasteiger partial charge in [-0.15, -0.1) is 0 Å². The Kier molecular flexibility index (Phi) is 5.41. The molecule has 0 bridgehead atoms. The van der Waals surface area contributed by atoms with Crippen LogP contribution in [0.4, 0.5) is 8.78 Å². The third kappa shape index (κ3) is 4.01. The molecule has 0 aliphatic rings. The number of esters is 1. The molecule has 0 atom stereocenters. The van der Waals surface area contributed by atoms with E-state index in [0.29, 0.717) is 6.07 Å². The van der Waals surface area contributed by atoms with E-state index in [1.165, 1.54) is 0 Å². The zero-order valence-electron chi connectivity index (χ0n) is 10.8. The molecular formula is C13H15F2NO3. The Bertz CT molecular complexity index is 477. The van der Waals surface area contributed by atoms with Crippen molar-refractivity contribution in [2.24, 2.45) is 0 Å². The fourth-order valence-electron chi connectivity index (χ4n) is 1.52. The Morgan fingerprint density at radius 1 is 1.26 bits per heavy atom. The van der Waals surface area contributed by atoms with E-state index in [9.17, 15) is 18.4 Å². The summed E-state index contributed by atoms with van der Waals surface area (Å²) in [6.07, 6.45) is 0. The Hall–Kier alpha value is -1.98. The van der Waals surface area contributed by atoms with Crippen LogP contribution in [0.25, 0.3) is 0 Å². The first kappa shape index (κ1) is 15.1. The second kappa shape index (κ2) is 6.82. The van der Waals surface area contributed by atoms with Crippen molar-refractivity contribution in [2.75, 3.05) is 19.7 Å². The highest BCUT2D eigenvalue weighted by molar-refractivity contribution is 5.96. The first-order valence-electron chi connectivity index (χ1n) is 5.89. The number of benzene rings is 1. The third-order valence-electron chi connectivity index (χ3n) is 2.46. The normalized spacial score (nSPS) is 10.1. The lowest BCUT2D eigenvalue weighted by molar-refractivity contribution is -0.143. The van der Waals surface area contributed by atoms with Crippen LogP contribution >= 0.6 is 0 Å². The SMILES string of the molecule is CCOC(=O)CN(CC)C(=O)c1ccc(F)cc1F. The summed E-state index contributed by atoms with van der Waals surface area (Å²) in [4.78, 5) is 24.5. The number of hydrogen-bond acceptors (Lipinski definition) is 3. The number of carbonyl (C=O) groups is 2. The predicted octanol–water partition coefficient (Wildman–Crippen LogP) is 1.99. The predicted molar refractivity (Wildman–Crippen MR) is 64.6 cm³/mol. The van der Waals surface area contributed by atoms with Crippen molar-refractivity contribution in [1.82, 2.24) is 4.90 Å². The van der Waals surface area contributed by atoms with Gasteiger partial charge in [0.2, 0.25) is 0 Å². The van der Waals surface area contributed by atoms with Gasteiger partial charge in [0.25, 0.3) is 5.91 Å². The van der Waals surface area contributed by atoms with E-state index >= 15 is 0 Å². The average molecular weight is 271 g/mol. The number of ether oxygens (including phenoxy) is 1. The Morgan fingerprint density at radius 2 is 1.95 bits per heavy atom. The number of nitrogens with zero attached hydrogens (tertiary/aromatic N) is 1. The van der Waals surface area contributed by atoms with Crippen LogP contribution in [0.2, 0.25) is 0 Å². The molecule has 19 heavy (non-hydrogen) atoms. The summed E-state index contributed by atoms with van der Waals surface area (Å²) in [6, 6.07) is 2.68. The second-order valence-electron chi connectivity index (χ2n) is 3.75. The summed E-state index contributed by atoms with van der Waals surface area (Å²) in [5.41, 5.74) is -0.271. The number of halogens is 2. The van der Waals surface area contributed by atoms with Gasteiger partial charge in [0.05, 0.1) is 12.2 Å². The van der Waals surface area contributed by atoms with Crippen molar-refractivity contribution in [1.29, 1.82) is 0 Å². The minimum Gasteiger partial charge on any atom is -0.465 e. The topological polar surface area (TPSA) is 46.6 Å². The zero-order chi connectivity index (χ0) is 14.4. The van der Waals surface area contributed by atoms with Gasteiger partial charge in [-0.2, -0.15) is 0 Å². The molecule has 0 fully saturated rings. The lowest BCUT2D eigenvalue weighted by atomic mass is 10.2. The molecule has 0 unspecified atom stereocenters. The van der Waals surface area contributed by atoms with Crippen molar-refractivity contribution in [2.45, 2.75) is 13.8 Å². The molecule has 0 heterocycles. The van der Waals surface area contributed by atoms with Gasteiger partial charge >= 0.3 is 5.97 Å². The molecule has 0 N–H and O–H groups in total. The van der Waals surface area contributed by atoms with Gasteiger partial charge in [-0.05, 0) is 26.0 Å². The summed E-state index contributed by atoms with van der Waals surface area (Å²) < 4.78 is 31.0. The summed E-state index contributed by atoms with van der Waals surface area (Å²) >= 11 is 0. The van der Waals surface area contributed by atoms with Crippen molar-refractivity contribution in [3.05, 3.63) is 35.4 Å². The fourth-order valence-corrected chi connectivity index (χ4v) is 1.52. The van der Waals surface area contributed by atoms with E-state index in [2.05, 4.69) is 0 Å². The van der Waals surface area contributed by atoms with Crippen LogP contribution in [-0.2, 0) is 9.53 Å². The van der Waals surface area contributed by atoms with E-state index in [0.717, 1.165) is 17.0 Å². The molecular weight excluding hydrogens is 256 g/mol. The first-order chi connectivity index (χ1) is 8.99. The van der Waals surface area contributed by atoms with Gasteiger partial charge in [0.1, 0.15) is 18.2 Å². The zero-order valence-corrected chi connectivity index (χ0v) is 10.8. The standard InChI is InChI=1S/C13H15F2NO3/c1-3-16(8-12(17)19-4-2)13(18)10-6-5-9(14)7-11(10)15/h5-7H,3-4,8H2,1-2H3. The molecule has 0 radical (unpaired) electrons. The van der Waals surface area contributed by atoms with E-state index < -0.39 is 23.5 Å². The minimum atomic E-state index is -0.952. The van der Waals surface area contributed by atoms with E-state index in [4.69, 9.17) is 4.74 Å². The lowest BCUT2D eigenvalue weighted by Crippen LogP contribution is -2.36. The second-order valence-corrected chi connectivity index (χ2v) is 3.75. The van der Waals surface area contributed by atoms with Gasteiger partial charge in [-0.1, -0.05) is 0 Å². The largest absolute Gasteiger partial charge is 0.465 e. The molecule has 0 saturated heterocycles. The third-order valence-corrected chi connectivity index (χ3v) is 2.46.